The number of aliphatic hydroxyl groups is 3. The number of nitrogens with zero attached hydrogens (tertiary/aromatic N) is 4. The van der Waals surface area contributed by atoms with Crippen LogP contribution in [0.3, 0.4) is 0 Å². The molecule has 0 fully saturated rings. The monoisotopic (exact) mass is 417 g/mol. The third-order valence-electron chi connectivity index (χ3n) is 5.31. The Morgan fingerprint density at radius 1 is 1.13 bits per heavy atom. The quantitative estimate of drug-likeness (QED) is 0.370. The minimum absolute atomic E-state index is 0.0225. The third kappa shape index (κ3) is 4.07. The molecule has 3 rings (SSSR count). The number of anilines is 1. The Hall–Kier alpha value is -2.82. The van der Waals surface area contributed by atoms with E-state index in [1.54, 1.807) is 4.57 Å². The topological polar surface area (TPSA) is 145 Å². The van der Waals surface area contributed by atoms with Crippen molar-refractivity contribution >= 4 is 16.7 Å². The fraction of sp³-hybridized carbons (Fsp3) is 0.500. The van der Waals surface area contributed by atoms with E-state index in [9.17, 15) is 19.8 Å². The first-order valence-corrected chi connectivity index (χ1v) is 9.97. The van der Waals surface area contributed by atoms with E-state index in [1.807, 2.05) is 19.1 Å². The average Bonchev–Trinajstić information content (AvgIpc) is 2.72. The van der Waals surface area contributed by atoms with Crippen LogP contribution in [0.2, 0.25) is 0 Å². The number of rotatable bonds is 8. The van der Waals surface area contributed by atoms with E-state index < -0.39 is 30.1 Å². The predicted molar refractivity (Wildman–Crippen MR) is 113 cm³/mol. The molecule has 1 aromatic rings. The lowest BCUT2D eigenvalue weighted by atomic mass is 10.1. The first-order valence-electron chi connectivity index (χ1n) is 9.97. The van der Waals surface area contributed by atoms with Crippen molar-refractivity contribution in [1.82, 2.24) is 19.5 Å². The van der Waals surface area contributed by atoms with Gasteiger partial charge in [0.05, 0.1) is 23.7 Å². The SMILES string of the molecule is CCN(CC)c1cc2c(cc1C)nc1c(=O)[nH]c(=O)nc-1n2CCC(O)C(O)CO. The Bertz CT molecular complexity index is 1120. The summed E-state index contributed by atoms with van der Waals surface area (Å²) in [6.45, 7) is 7.26. The van der Waals surface area contributed by atoms with Crippen molar-refractivity contribution in [3.63, 3.8) is 0 Å². The van der Waals surface area contributed by atoms with Gasteiger partial charge in [0.15, 0.2) is 11.5 Å². The summed E-state index contributed by atoms with van der Waals surface area (Å²) in [7, 11) is 0. The molecular formula is C20H27N5O5. The second-order valence-electron chi connectivity index (χ2n) is 7.21. The third-order valence-corrected chi connectivity index (χ3v) is 5.31. The molecule has 0 amide bonds. The van der Waals surface area contributed by atoms with Gasteiger partial charge in [-0.3, -0.25) is 9.78 Å². The highest BCUT2D eigenvalue weighted by Crippen LogP contribution is 2.29. The van der Waals surface area contributed by atoms with Crippen LogP contribution in [0.1, 0.15) is 25.8 Å². The summed E-state index contributed by atoms with van der Waals surface area (Å²) in [5.41, 5.74) is 1.79. The molecule has 10 nitrogen and oxygen atoms in total. The second-order valence-corrected chi connectivity index (χ2v) is 7.21. The Labute approximate surface area is 172 Å². The van der Waals surface area contributed by atoms with Crippen LogP contribution in [0.25, 0.3) is 22.6 Å². The number of aromatic nitrogens is 4. The summed E-state index contributed by atoms with van der Waals surface area (Å²) in [6, 6.07) is 3.81. The van der Waals surface area contributed by atoms with Crippen molar-refractivity contribution in [3.8, 4) is 11.5 Å². The molecule has 4 N–H and O–H groups in total. The van der Waals surface area contributed by atoms with Gasteiger partial charge in [-0.05, 0) is 44.9 Å². The van der Waals surface area contributed by atoms with Crippen LogP contribution < -0.4 is 16.1 Å². The molecule has 0 aliphatic carbocycles. The molecule has 2 atom stereocenters. The lowest BCUT2D eigenvalue weighted by Gasteiger charge is -2.25. The van der Waals surface area contributed by atoms with Crippen LogP contribution >= 0.6 is 0 Å². The van der Waals surface area contributed by atoms with Crippen molar-refractivity contribution in [1.29, 1.82) is 0 Å². The number of aryl methyl sites for hydroxylation is 2. The molecule has 10 heteroatoms. The van der Waals surface area contributed by atoms with Crippen molar-refractivity contribution < 1.29 is 15.3 Å². The molecule has 162 valence electrons. The zero-order valence-corrected chi connectivity index (χ0v) is 17.3. The minimum Gasteiger partial charge on any atom is -0.394 e. The number of nitrogens with one attached hydrogen (secondary N) is 1. The van der Waals surface area contributed by atoms with Gasteiger partial charge in [-0.1, -0.05) is 0 Å². The molecule has 2 aliphatic rings. The van der Waals surface area contributed by atoms with E-state index >= 15 is 0 Å². The highest BCUT2D eigenvalue weighted by atomic mass is 16.4. The lowest BCUT2D eigenvalue weighted by Crippen LogP contribution is -2.32. The molecule has 0 radical (unpaired) electrons. The van der Waals surface area contributed by atoms with Crippen molar-refractivity contribution in [2.24, 2.45) is 0 Å². The van der Waals surface area contributed by atoms with Crippen molar-refractivity contribution in [2.45, 2.75) is 45.9 Å². The van der Waals surface area contributed by atoms with E-state index in [1.165, 1.54) is 0 Å². The summed E-state index contributed by atoms with van der Waals surface area (Å²) in [5.74, 6) is 0.108. The Kier molecular flexibility index (Phi) is 6.49. The van der Waals surface area contributed by atoms with Crippen LogP contribution in [0.15, 0.2) is 21.7 Å². The number of hydrogen-bond donors (Lipinski definition) is 4. The molecule has 2 heterocycles. The molecule has 0 bridgehead atoms. The molecule has 0 spiro atoms. The van der Waals surface area contributed by atoms with E-state index in [0.717, 1.165) is 24.3 Å². The largest absolute Gasteiger partial charge is 0.394 e. The number of benzene rings is 1. The van der Waals surface area contributed by atoms with Gasteiger partial charge in [0, 0.05) is 25.3 Å². The van der Waals surface area contributed by atoms with Gasteiger partial charge in [0.25, 0.3) is 5.56 Å². The van der Waals surface area contributed by atoms with Crippen LogP contribution in [0.4, 0.5) is 5.69 Å². The van der Waals surface area contributed by atoms with Gasteiger partial charge in [-0.25, -0.2) is 9.78 Å². The molecule has 0 aromatic heterocycles. The maximum Gasteiger partial charge on any atom is 0.349 e. The molecule has 0 saturated carbocycles. The van der Waals surface area contributed by atoms with Gasteiger partial charge in [0.2, 0.25) is 0 Å². The highest BCUT2D eigenvalue weighted by Gasteiger charge is 2.22. The number of fused-ring (bicyclic) bond motifs is 2. The van der Waals surface area contributed by atoms with Crippen LogP contribution in [0.5, 0.6) is 0 Å². The zero-order chi connectivity index (χ0) is 22.0. The molecule has 2 unspecified atom stereocenters. The van der Waals surface area contributed by atoms with E-state index in [2.05, 4.69) is 33.7 Å². The average molecular weight is 417 g/mol. The Balaban J connectivity index is 2.27. The van der Waals surface area contributed by atoms with Gasteiger partial charge in [-0.15, -0.1) is 0 Å². The van der Waals surface area contributed by atoms with Gasteiger partial charge < -0.3 is 24.8 Å². The molecule has 0 saturated heterocycles. The smallest absolute Gasteiger partial charge is 0.349 e. The molecule has 2 aliphatic heterocycles. The first kappa shape index (κ1) is 21.9. The zero-order valence-electron chi connectivity index (χ0n) is 17.3. The maximum atomic E-state index is 12.3. The Morgan fingerprint density at radius 2 is 1.83 bits per heavy atom. The fourth-order valence-electron chi connectivity index (χ4n) is 3.64. The van der Waals surface area contributed by atoms with Gasteiger partial charge in [0.1, 0.15) is 6.10 Å². The number of aliphatic hydroxyl groups excluding tert-OH is 3. The summed E-state index contributed by atoms with van der Waals surface area (Å²) in [5, 5.41) is 28.9. The second kappa shape index (κ2) is 8.90. The van der Waals surface area contributed by atoms with Crippen LogP contribution in [0, 0.1) is 6.92 Å². The van der Waals surface area contributed by atoms with E-state index in [4.69, 9.17) is 5.11 Å². The lowest BCUT2D eigenvalue weighted by molar-refractivity contribution is -0.0191. The van der Waals surface area contributed by atoms with Crippen molar-refractivity contribution in [2.75, 3.05) is 24.6 Å². The Morgan fingerprint density at radius 3 is 2.47 bits per heavy atom. The summed E-state index contributed by atoms with van der Waals surface area (Å²) in [4.78, 5) is 36.9. The fourth-order valence-corrected chi connectivity index (χ4v) is 3.64. The number of aromatic amines is 1. The van der Waals surface area contributed by atoms with E-state index in [0.29, 0.717) is 11.0 Å². The molecular weight excluding hydrogens is 390 g/mol. The van der Waals surface area contributed by atoms with Gasteiger partial charge >= 0.3 is 5.69 Å². The minimum atomic E-state index is -1.29. The normalized spacial score (nSPS) is 13.7. The van der Waals surface area contributed by atoms with Crippen LogP contribution in [-0.4, -0.2) is 66.7 Å². The van der Waals surface area contributed by atoms with E-state index in [-0.39, 0.29) is 24.5 Å². The number of hydrogen-bond acceptors (Lipinski definition) is 8. The summed E-state index contributed by atoms with van der Waals surface area (Å²) in [6.07, 6.45) is -2.38. The standard InChI is InChI=1S/C20H27N5O5/c1-4-24(5-2)13-9-14-12(8-11(13)3)21-17-18(22-20(30)23-19(17)29)25(14)7-6-15(27)16(28)10-26/h8-9,15-16,26-28H,4-7,10H2,1-3H3,(H,23,29,30). The predicted octanol–water partition coefficient (Wildman–Crippen LogP) is -0.157. The maximum absolute atomic E-state index is 12.3. The highest BCUT2D eigenvalue weighted by molar-refractivity contribution is 5.84. The summed E-state index contributed by atoms with van der Waals surface area (Å²) < 4.78 is 1.66. The number of H-pyrrole nitrogens is 1. The molecule has 1 aromatic carbocycles. The first-order chi connectivity index (χ1) is 14.3. The molecule has 30 heavy (non-hydrogen) atoms. The summed E-state index contributed by atoms with van der Waals surface area (Å²) >= 11 is 0. The van der Waals surface area contributed by atoms with Crippen LogP contribution in [-0.2, 0) is 6.54 Å². The van der Waals surface area contributed by atoms with Crippen molar-refractivity contribution in [3.05, 3.63) is 38.5 Å². The van der Waals surface area contributed by atoms with Gasteiger partial charge in [-0.2, -0.15) is 4.98 Å².